The summed E-state index contributed by atoms with van der Waals surface area (Å²) in [5.74, 6) is 0. The SMILES string of the molecule is CC(O)NC(C)(C)CC(C)(C)C. The van der Waals surface area contributed by atoms with E-state index < -0.39 is 6.23 Å². The van der Waals surface area contributed by atoms with Crippen molar-refractivity contribution in [1.29, 1.82) is 0 Å². The fourth-order valence-corrected chi connectivity index (χ4v) is 1.94. The molecular weight excluding hydrogens is 150 g/mol. The number of aliphatic hydroxyl groups excluding tert-OH is 1. The molecular formula is C10H23NO. The van der Waals surface area contributed by atoms with Gasteiger partial charge in [-0.25, -0.2) is 0 Å². The molecule has 0 aliphatic heterocycles. The minimum absolute atomic E-state index is 0.00637. The van der Waals surface area contributed by atoms with Gasteiger partial charge in [0.2, 0.25) is 0 Å². The van der Waals surface area contributed by atoms with Crippen LogP contribution in [-0.2, 0) is 0 Å². The van der Waals surface area contributed by atoms with E-state index in [4.69, 9.17) is 0 Å². The maximum Gasteiger partial charge on any atom is 0.102 e. The van der Waals surface area contributed by atoms with Crippen molar-refractivity contribution in [3.63, 3.8) is 0 Å². The van der Waals surface area contributed by atoms with E-state index >= 15 is 0 Å². The molecule has 1 atom stereocenters. The van der Waals surface area contributed by atoms with Gasteiger partial charge in [0.15, 0.2) is 0 Å². The molecule has 0 radical (unpaired) electrons. The molecule has 0 aromatic rings. The van der Waals surface area contributed by atoms with Crippen molar-refractivity contribution in [3.8, 4) is 0 Å². The van der Waals surface area contributed by atoms with Crippen molar-refractivity contribution in [2.75, 3.05) is 0 Å². The highest BCUT2D eigenvalue weighted by Gasteiger charge is 2.25. The molecule has 2 nitrogen and oxygen atoms in total. The number of rotatable bonds is 3. The Kier molecular flexibility index (Phi) is 3.73. The first kappa shape index (κ1) is 11.9. The second-order valence-corrected chi connectivity index (χ2v) is 5.44. The summed E-state index contributed by atoms with van der Waals surface area (Å²) >= 11 is 0. The van der Waals surface area contributed by atoms with Crippen molar-refractivity contribution in [3.05, 3.63) is 0 Å². The predicted octanol–water partition coefficient (Wildman–Crippen LogP) is 2.13. The molecule has 2 N–H and O–H groups in total. The summed E-state index contributed by atoms with van der Waals surface area (Å²) in [6.07, 6.45) is 0.618. The third-order valence-electron chi connectivity index (χ3n) is 1.57. The van der Waals surface area contributed by atoms with Gasteiger partial charge in [0.25, 0.3) is 0 Å². The zero-order chi connectivity index (χ0) is 9.99. The fourth-order valence-electron chi connectivity index (χ4n) is 1.94. The molecule has 0 amide bonds. The van der Waals surface area contributed by atoms with Crippen LogP contribution in [0.5, 0.6) is 0 Å². The second kappa shape index (κ2) is 3.75. The molecule has 0 saturated carbocycles. The van der Waals surface area contributed by atoms with Crippen LogP contribution in [0, 0.1) is 5.41 Å². The molecule has 12 heavy (non-hydrogen) atoms. The fraction of sp³-hybridized carbons (Fsp3) is 1.00. The summed E-state index contributed by atoms with van der Waals surface area (Å²) < 4.78 is 0. The average Bonchev–Trinajstić information content (AvgIpc) is 1.48. The minimum atomic E-state index is -0.428. The van der Waals surface area contributed by atoms with Gasteiger partial charge in [-0.1, -0.05) is 20.8 Å². The summed E-state index contributed by atoms with van der Waals surface area (Å²) in [6, 6.07) is 0. The number of hydrogen-bond acceptors (Lipinski definition) is 2. The Hall–Kier alpha value is -0.0800. The van der Waals surface area contributed by atoms with Crippen LogP contribution in [0.25, 0.3) is 0 Å². The van der Waals surface area contributed by atoms with Gasteiger partial charge < -0.3 is 5.11 Å². The highest BCUT2D eigenvalue weighted by atomic mass is 16.3. The Morgan fingerprint density at radius 1 is 1.17 bits per heavy atom. The van der Waals surface area contributed by atoms with Gasteiger partial charge in [-0.15, -0.1) is 0 Å². The third kappa shape index (κ3) is 6.62. The highest BCUT2D eigenvalue weighted by molar-refractivity contribution is 4.83. The number of aliphatic hydroxyl groups is 1. The Balaban J connectivity index is 4.04. The highest BCUT2D eigenvalue weighted by Crippen LogP contribution is 2.26. The van der Waals surface area contributed by atoms with Crippen LogP contribution < -0.4 is 5.32 Å². The summed E-state index contributed by atoms with van der Waals surface area (Å²) in [7, 11) is 0. The van der Waals surface area contributed by atoms with Crippen molar-refractivity contribution in [2.45, 2.75) is 59.7 Å². The number of hydrogen-bond donors (Lipinski definition) is 2. The van der Waals surface area contributed by atoms with Crippen molar-refractivity contribution < 1.29 is 5.11 Å². The van der Waals surface area contributed by atoms with Crippen LogP contribution in [0.2, 0.25) is 0 Å². The first-order chi connectivity index (χ1) is 5.12. The van der Waals surface area contributed by atoms with Gasteiger partial charge in [-0.3, -0.25) is 5.32 Å². The van der Waals surface area contributed by atoms with E-state index in [1.807, 2.05) is 0 Å². The maximum absolute atomic E-state index is 9.17. The van der Waals surface area contributed by atoms with Crippen LogP contribution in [-0.4, -0.2) is 16.9 Å². The van der Waals surface area contributed by atoms with Gasteiger partial charge >= 0.3 is 0 Å². The van der Waals surface area contributed by atoms with E-state index in [1.165, 1.54) is 0 Å². The van der Waals surface area contributed by atoms with Gasteiger partial charge in [-0.2, -0.15) is 0 Å². The molecule has 0 aromatic heterocycles. The van der Waals surface area contributed by atoms with E-state index in [1.54, 1.807) is 6.92 Å². The van der Waals surface area contributed by atoms with Gasteiger partial charge in [0.05, 0.1) is 0 Å². The quantitative estimate of drug-likeness (QED) is 0.641. The first-order valence-electron chi connectivity index (χ1n) is 4.58. The topological polar surface area (TPSA) is 32.3 Å². The zero-order valence-electron chi connectivity index (χ0n) is 9.23. The lowest BCUT2D eigenvalue weighted by molar-refractivity contribution is 0.0993. The molecule has 0 aromatic carbocycles. The Morgan fingerprint density at radius 3 is 1.83 bits per heavy atom. The number of nitrogens with one attached hydrogen (secondary N) is 1. The van der Waals surface area contributed by atoms with Crippen LogP contribution >= 0.6 is 0 Å². The summed E-state index contributed by atoms with van der Waals surface area (Å²) in [5.41, 5.74) is 0.303. The van der Waals surface area contributed by atoms with Crippen LogP contribution in [0.15, 0.2) is 0 Å². The first-order valence-corrected chi connectivity index (χ1v) is 4.58. The van der Waals surface area contributed by atoms with Crippen molar-refractivity contribution >= 4 is 0 Å². The van der Waals surface area contributed by atoms with E-state index in [0.29, 0.717) is 5.41 Å². The normalized spacial score (nSPS) is 16.2. The van der Waals surface area contributed by atoms with E-state index in [0.717, 1.165) is 6.42 Å². The molecule has 0 bridgehead atoms. The maximum atomic E-state index is 9.17. The molecule has 0 rings (SSSR count). The van der Waals surface area contributed by atoms with Gasteiger partial charge in [-0.05, 0) is 32.6 Å². The van der Waals surface area contributed by atoms with Gasteiger partial charge in [0.1, 0.15) is 6.23 Å². The summed E-state index contributed by atoms with van der Waals surface area (Å²) in [4.78, 5) is 0. The molecule has 1 unspecified atom stereocenters. The standard InChI is InChI=1S/C10H23NO/c1-8(12)11-10(5,6)7-9(2,3)4/h8,11-12H,7H2,1-6H3. The van der Waals surface area contributed by atoms with Crippen LogP contribution in [0.4, 0.5) is 0 Å². The smallest absolute Gasteiger partial charge is 0.102 e. The van der Waals surface area contributed by atoms with Crippen molar-refractivity contribution in [1.82, 2.24) is 5.32 Å². The molecule has 0 saturated heterocycles. The van der Waals surface area contributed by atoms with E-state index in [2.05, 4.69) is 39.9 Å². The van der Waals surface area contributed by atoms with E-state index in [-0.39, 0.29) is 5.54 Å². The summed E-state index contributed by atoms with van der Waals surface area (Å²) in [5, 5.41) is 12.3. The van der Waals surface area contributed by atoms with Crippen LogP contribution in [0.3, 0.4) is 0 Å². The third-order valence-corrected chi connectivity index (χ3v) is 1.57. The molecule has 74 valence electrons. The molecule has 2 heteroatoms. The molecule has 0 heterocycles. The van der Waals surface area contributed by atoms with Gasteiger partial charge in [0, 0.05) is 5.54 Å². The molecule has 0 aliphatic rings. The summed E-state index contributed by atoms with van der Waals surface area (Å²) in [6.45, 7) is 12.6. The molecule has 0 spiro atoms. The lowest BCUT2D eigenvalue weighted by Gasteiger charge is -2.34. The minimum Gasteiger partial charge on any atom is -0.379 e. The molecule has 0 aliphatic carbocycles. The molecule has 0 fully saturated rings. The Labute approximate surface area is 76.4 Å². The Morgan fingerprint density at radius 2 is 1.58 bits per heavy atom. The second-order valence-electron chi connectivity index (χ2n) is 5.44. The zero-order valence-corrected chi connectivity index (χ0v) is 9.23. The Bertz CT molecular complexity index is 133. The lowest BCUT2D eigenvalue weighted by Crippen LogP contribution is -2.46. The monoisotopic (exact) mass is 173 g/mol. The predicted molar refractivity (Wildman–Crippen MR) is 53.0 cm³/mol. The van der Waals surface area contributed by atoms with Crippen LogP contribution in [0.1, 0.15) is 48.0 Å². The lowest BCUT2D eigenvalue weighted by atomic mass is 9.82. The van der Waals surface area contributed by atoms with Crippen molar-refractivity contribution in [2.24, 2.45) is 5.41 Å². The largest absolute Gasteiger partial charge is 0.379 e. The van der Waals surface area contributed by atoms with E-state index in [9.17, 15) is 5.11 Å². The average molecular weight is 173 g/mol.